The molecule has 7 heteroatoms. The van der Waals surface area contributed by atoms with Gasteiger partial charge < -0.3 is 4.74 Å². The Kier molecular flexibility index (Phi) is 4.54. The van der Waals surface area contributed by atoms with Gasteiger partial charge in [-0.1, -0.05) is 18.5 Å². The minimum Gasteiger partial charge on any atom is -0.416 e. The van der Waals surface area contributed by atoms with Crippen LogP contribution in [0.3, 0.4) is 0 Å². The highest BCUT2D eigenvalue weighted by Crippen LogP contribution is 2.36. The maximum Gasteiger partial charge on any atom is 0.388 e. The number of pyridine rings is 1. The number of hydrogen-bond donors (Lipinski definition) is 0. The molecule has 0 N–H and O–H groups in total. The standard InChI is InChI=1S/C13H14ClF2N3O/c1-3-9-10(14)11(19(4-2)18-9)8-6-5-7-17-12(8)20-13(15)16/h5-7,13H,3-4H2,1-2H3. The summed E-state index contributed by atoms with van der Waals surface area (Å²) in [5.41, 5.74) is 1.68. The van der Waals surface area contributed by atoms with Gasteiger partial charge in [0, 0.05) is 12.7 Å². The molecule has 0 spiro atoms. The average molecular weight is 302 g/mol. The first-order valence-electron chi connectivity index (χ1n) is 6.23. The van der Waals surface area contributed by atoms with Crippen molar-refractivity contribution in [3.8, 4) is 17.1 Å². The van der Waals surface area contributed by atoms with E-state index >= 15 is 0 Å². The monoisotopic (exact) mass is 301 g/mol. The fourth-order valence-corrected chi connectivity index (χ4v) is 2.32. The van der Waals surface area contributed by atoms with Crippen molar-refractivity contribution in [3.05, 3.63) is 29.0 Å². The quantitative estimate of drug-likeness (QED) is 0.843. The topological polar surface area (TPSA) is 39.9 Å². The van der Waals surface area contributed by atoms with E-state index in [0.717, 1.165) is 5.69 Å². The molecule has 4 nitrogen and oxygen atoms in total. The molecule has 0 saturated heterocycles. The summed E-state index contributed by atoms with van der Waals surface area (Å²) < 4.78 is 31.0. The van der Waals surface area contributed by atoms with E-state index < -0.39 is 6.61 Å². The zero-order chi connectivity index (χ0) is 14.7. The first kappa shape index (κ1) is 14.7. The van der Waals surface area contributed by atoms with Gasteiger partial charge in [0.25, 0.3) is 0 Å². The molecular weight excluding hydrogens is 288 g/mol. The van der Waals surface area contributed by atoms with Gasteiger partial charge in [0.1, 0.15) is 0 Å². The Morgan fingerprint density at radius 1 is 1.40 bits per heavy atom. The van der Waals surface area contributed by atoms with Crippen LogP contribution in [0.4, 0.5) is 8.78 Å². The molecule has 20 heavy (non-hydrogen) atoms. The minimum atomic E-state index is -2.94. The van der Waals surface area contributed by atoms with Crippen LogP contribution in [0.25, 0.3) is 11.3 Å². The molecule has 0 fully saturated rings. The van der Waals surface area contributed by atoms with Gasteiger partial charge >= 0.3 is 6.61 Å². The van der Waals surface area contributed by atoms with Crippen molar-refractivity contribution < 1.29 is 13.5 Å². The zero-order valence-electron chi connectivity index (χ0n) is 11.1. The number of halogens is 3. The highest BCUT2D eigenvalue weighted by atomic mass is 35.5. The van der Waals surface area contributed by atoms with E-state index in [2.05, 4.69) is 14.8 Å². The Bertz CT molecular complexity index is 601. The first-order chi connectivity index (χ1) is 9.58. The number of hydrogen-bond acceptors (Lipinski definition) is 3. The van der Waals surface area contributed by atoms with E-state index in [-0.39, 0.29) is 5.88 Å². The molecule has 0 aromatic carbocycles. The lowest BCUT2D eigenvalue weighted by Gasteiger charge is -2.10. The molecule has 0 atom stereocenters. The van der Waals surface area contributed by atoms with Crippen molar-refractivity contribution in [1.82, 2.24) is 14.8 Å². The van der Waals surface area contributed by atoms with E-state index in [1.54, 1.807) is 16.8 Å². The molecule has 2 aromatic heterocycles. The summed E-state index contributed by atoms with van der Waals surface area (Å²) in [4.78, 5) is 3.84. The minimum absolute atomic E-state index is 0.151. The molecule has 2 heterocycles. The highest BCUT2D eigenvalue weighted by Gasteiger charge is 2.21. The number of aromatic nitrogens is 3. The summed E-state index contributed by atoms with van der Waals surface area (Å²) >= 11 is 6.30. The fourth-order valence-electron chi connectivity index (χ4n) is 1.95. The van der Waals surface area contributed by atoms with Crippen molar-refractivity contribution in [2.45, 2.75) is 33.4 Å². The van der Waals surface area contributed by atoms with Gasteiger partial charge in [0.05, 0.1) is 22.0 Å². The average Bonchev–Trinajstić information content (AvgIpc) is 2.75. The molecule has 0 aliphatic heterocycles. The van der Waals surface area contributed by atoms with Gasteiger partial charge in [-0.3, -0.25) is 4.68 Å². The molecule has 2 aromatic rings. The third-order valence-corrected chi connectivity index (χ3v) is 3.22. The molecular formula is C13H14ClF2N3O. The predicted octanol–water partition coefficient (Wildman–Crippen LogP) is 3.78. The van der Waals surface area contributed by atoms with Gasteiger partial charge in [-0.05, 0) is 25.5 Å². The largest absolute Gasteiger partial charge is 0.416 e. The van der Waals surface area contributed by atoms with Crippen molar-refractivity contribution in [1.29, 1.82) is 0 Å². The Morgan fingerprint density at radius 2 is 2.15 bits per heavy atom. The lowest BCUT2D eigenvalue weighted by Crippen LogP contribution is -2.06. The molecule has 0 radical (unpaired) electrons. The normalized spacial score (nSPS) is 11.1. The van der Waals surface area contributed by atoms with Crippen LogP contribution in [-0.2, 0) is 13.0 Å². The Labute approximate surface area is 120 Å². The van der Waals surface area contributed by atoms with Crippen molar-refractivity contribution in [2.24, 2.45) is 0 Å². The third-order valence-electron chi connectivity index (χ3n) is 2.82. The molecule has 0 bridgehead atoms. The summed E-state index contributed by atoms with van der Waals surface area (Å²) in [6, 6.07) is 3.28. The van der Waals surface area contributed by atoms with Gasteiger partial charge in [0.15, 0.2) is 0 Å². The van der Waals surface area contributed by atoms with E-state index in [1.165, 1.54) is 6.20 Å². The second-order valence-corrected chi connectivity index (χ2v) is 4.39. The summed E-state index contributed by atoms with van der Waals surface area (Å²) in [5, 5.41) is 4.80. The number of alkyl halides is 2. The van der Waals surface area contributed by atoms with Gasteiger partial charge in [-0.15, -0.1) is 0 Å². The van der Waals surface area contributed by atoms with Crippen LogP contribution < -0.4 is 4.74 Å². The smallest absolute Gasteiger partial charge is 0.388 e. The van der Waals surface area contributed by atoms with Crippen LogP contribution in [0.15, 0.2) is 18.3 Å². The van der Waals surface area contributed by atoms with Crippen molar-refractivity contribution in [2.75, 3.05) is 0 Å². The van der Waals surface area contributed by atoms with Crippen LogP contribution in [0.5, 0.6) is 5.88 Å². The van der Waals surface area contributed by atoms with Gasteiger partial charge in [-0.25, -0.2) is 4.98 Å². The summed E-state index contributed by atoms with van der Waals surface area (Å²) in [7, 11) is 0. The molecule has 0 amide bonds. The van der Waals surface area contributed by atoms with Crippen LogP contribution in [0.2, 0.25) is 5.02 Å². The Morgan fingerprint density at radius 3 is 2.75 bits per heavy atom. The molecule has 0 aliphatic carbocycles. The summed E-state index contributed by atoms with van der Waals surface area (Å²) in [5.74, 6) is -0.151. The van der Waals surface area contributed by atoms with Crippen LogP contribution >= 0.6 is 11.6 Å². The molecule has 108 valence electrons. The van der Waals surface area contributed by atoms with Crippen LogP contribution in [0.1, 0.15) is 19.5 Å². The molecule has 0 saturated carbocycles. The zero-order valence-corrected chi connectivity index (χ0v) is 11.9. The molecule has 2 rings (SSSR count). The van der Waals surface area contributed by atoms with E-state index in [9.17, 15) is 8.78 Å². The number of ether oxygens (including phenoxy) is 1. The van der Waals surface area contributed by atoms with E-state index in [1.807, 2.05) is 13.8 Å². The number of nitrogens with zero attached hydrogens (tertiary/aromatic N) is 3. The maximum atomic E-state index is 12.5. The Balaban J connectivity index is 2.59. The van der Waals surface area contributed by atoms with Gasteiger partial charge in [-0.2, -0.15) is 13.9 Å². The first-order valence-corrected chi connectivity index (χ1v) is 6.61. The van der Waals surface area contributed by atoms with Gasteiger partial charge in [0.2, 0.25) is 5.88 Å². The fraction of sp³-hybridized carbons (Fsp3) is 0.385. The van der Waals surface area contributed by atoms with E-state index in [0.29, 0.717) is 29.2 Å². The number of aryl methyl sites for hydroxylation is 2. The lowest BCUT2D eigenvalue weighted by atomic mass is 10.1. The molecule has 0 unspecified atom stereocenters. The highest BCUT2D eigenvalue weighted by molar-refractivity contribution is 6.33. The second-order valence-electron chi connectivity index (χ2n) is 4.01. The summed E-state index contributed by atoms with van der Waals surface area (Å²) in [6.07, 6.45) is 2.05. The third kappa shape index (κ3) is 2.75. The van der Waals surface area contributed by atoms with E-state index in [4.69, 9.17) is 11.6 Å². The van der Waals surface area contributed by atoms with Crippen LogP contribution in [-0.4, -0.2) is 21.4 Å². The molecule has 0 aliphatic rings. The van der Waals surface area contributed by atoms with Crippen molar-refractivity contribution in [3.63, 3.8) is 0 Å². The maximum absolute atomic E-state index is 12.5. The second kappa shape index (κ2) is 6.17. The number of rotatable bonds is 5. The predicted molar refractivity (Wildman–Crippen MR) is 72.2 cm³/mol. The summed E-state index contributed by atoms with van der Waals surface area (Å²) in [6.45, 7) is 1.46. The SMILES string of the molecule is CCc1nn(CC)c(-c2cccnc2OC(F)F)c1Cl. The Hall–Kier alpha value is -1.69. The van der Waals surface area contributed by atoms with Crippen LogP contribution in [0, 0.1) is 0 Å². The lowest BCUT2D eigenvalue weighted by molar-refractivity contribution is -0.0524. The van der Waals surface area contributed by atoms with Crippen molar-refractivity contribution >= 4 is 11.6 Å².